The maximum atomic E-state index is 12.7. The molecule has 0 aliphatic carbocycles. The van der Waals surface area contributed by atoms with Gasteiger partial charge in [0.25, 0.3) is 0 Å². The highest BCUT2D eigenvalue weighted by Gasteiger charge is 2.33. The Bertz CT molecular complexity index is 1010. The highest BCUT2D eigenvalue weighted by Crippen LogP contribution is 2.34. The second kappa shape index (κ2) is 8.59. The maximum absolute atomic E-state index is 12.7. The molecule has 2 saturated heterocycles. The topological polar surface area (TPSA) is 81.5 Å². The number of hydrogen-bond donors (Lipinski definition) is 1. The Kier molecular flexibility index (Phi) is 5.87. The number of amides is 1. The molecule has 1 amide bonds. The number of nitriles is 1. The highest BCUT2D eigenvalue weighted by atomic mass is 19.4. The van der Waals surface area contributed by atoms with Crippen LogP contribution in [-0.2, 0) is 4.79 Å². The zero-order valence-corrected chi connectivity index (χ0v) is 16.7. The van der Waals surface area contributed by atoms with E-state index in [2.05, 4.69) is 21.1 Å². The van der Waals surface area contributed by atoms with E-state index in [1.54, 1.807) is 23.1 Å². The summed E-state index contributed by atoms with van der Waals surface area (Å²) < 4.78 is 42.2. The Morgan fingerprint density at radius 2 is 2.13 bits per heavy atom. The number of aromatic nitrogens is 1. The summed E-state index contributed by atoms with van der Waals surface area (Å²) in [4.78, 5) is 20.3. The number of carbonyl (C=O) groups excluding carboxylic acids is 1. The number of nitrogens with one attached hydrogen (secondary N) is 1. The predicted molar refractivity (Wildman–Crippen MR) is 107 cm³/mol. The molecule has 0 radical (unpaired) electrons. The monoisotopic (exact) mass is 433 g/mol. The second-order valence-electron chi connectivity index (χ2n) is 7.80. The van der Waals surface area contributed by atoms with Crippen molar-refractivity contribution in [3.05, 3.63) is 30.5 Å². The van der Waals surface area contributed by atoms with Gasteiger partial charge in [0.05, 0.1) is 12.6 Å². The van der Waals surface area contributed by atoms with Crippen molar-refractivity contribution >= 4 is 22.5 Å². The lowest BCUT2D eigenvalue weighted by atomic mass is 10.1. The molecule has 2 aromatic rings. The van der Waals surface area contributed by atoms with Crippen LogP contribution in [0.15, 0.2) is 30.5 Å². The Labute approximate surface area is 177 Å². The van der Waals surface area contributed by atoms with Gasteiger partial charge in [-0.15, -0.1) is 13.2 Å². The zero-order chi connectivity index (χ0) is 22.0. The molecule has 2 atom stereocenters. The summed E-state index contributed by atoms with van der Waals surface area (Å²) in [6, 6.07) is 8.06. The van der Waals surface area contributed by atoms with E-state index in [0.29, 0.717) is 24.2 Å². The third-order valence-electron chi connectivity index (χ3n) is 5.67. The van der Waals surface area contributed by atoms with Crippen LogP contribution >= 0.6 is 0 Å². The van der Waals surface area contributed by atoms with Gasteiger partial charge in [-0.1, -0.05) is 0 Å². The van der Waals surface area contributed by atoms with Crippen LogP contribution in [0.4, 0.5) is 18.9 Å². The van der Waals surface area contributed by atoms with Gasteiger partial charge in [-0.05, 0) is 43.5 Å². The molecule has 1 N–H and O–H groups in total. The van der Waals surface area contributed by atoms with E-state index in [4.69, 9.17) is 0 Å². The lowest BCUT2D eigenvalue weighted by Gasteiger charge is -2.23. The first-order valence-corrected chi connectivity index (χ1v) is 10.2. The van der Waals surface area contributed by atoms with Gasteiger partial charge < -0.3 is 15.0 Å². The number of fused-ring (bicyclic) bond motifs is 1. The Balaban J connectivity index is 1.42. The second-order valence-corrected chi connectivity index (χ2v) is 7.80. The summed E-state index contributed by atoms with van der Waals surface area (Å²) in [7, 11) is 0. The van der Waals surface area contributed by atoms with Crippen molar-refractivity contribution in [2.75, 3.05) is 31.5 Å². The first-order chi connectivity index (χ1) is 14.8. The van der Waals surface area contributed by atoms with Gasteiger partial charge in [-0.3, -0.25) is 14.7 Å². The van der Waals surface area contributed by atoms with Crippen LogP contribution in [0.3, 0.4) is 0 Å². The van der Waals surface area contributed by atoms with Crippen LogP contribution in [0.2, 0.25) is 0 Å². The molecule has 4 rings (SSSR count). The van der Waals surface area contributed by atoms with Crippen molar-refractivity contribution in [1.82, 2.24) is 14.8 Å². The van der Waals surface area contributed by atoms with Crippen molar-refractivity contribution in [3.63, 3.8) is 0 Å². The summed E-state index contributed by atoms with van der Waals surface area (Å²) in [6.45, 7) is 2.23. The lowest BCUT2D eigenvalue weighted by molar-refractivity contribution is -0.274. The Morgan fingerprint density at radius 1 is 1.29 bits per heavy atom. The molecule has 1 unspecified atom stereocenters. The fourth-order valence-corrected chi connectivity index (χ4v) is 4.28. The smallest absolute Gasteiger partial charge is 0.403 e. The predicted octanol–water partition coefficient (Wildman–Crippen LogP) is 3.13. The number of carbonyl (C=O) groups is 1. The van der Waals surface area contributed by atoms with Crippen LogP contribution < -0.4 is 10.1 Å². The zero-order valence-electron chi connectivity index (χ0n) is 16.7. The van der Waals surface area contributed by atoms with Crippen LogP contribution in [0, 0.1) is 11.3 Å². The molecule has 164 valence electrons. The van der Waals surface area contributed by atoms with Gasteiger partial charge in [0.2, 0.25) is 5.91 Å². The van der Waals surface area contributed by atoms with Crippen molar-refractivity contribution in [2.24, 2.45) is 0 Å². The molecule has 3 heterocycles. The van der Waals surface area contributed by atoms with Gasteiger partial charge in [0, 0.05) is 42.9 Å². The van der Waals surface area contributed by atoms with E-state index >= 15 is 0 Å². The minimum atomic E-state index is -4.79. The van der Waals surface area contributed by atoms with Crippen molar-refractivity contribution < 1.29 is 22.7 Å². The number of benzene rings is 1. The molecular formula is C21H22F3N5O2. The first kappa shape index (κ1) is 21.2. The van der Waals surface area contributed by atoms with Crippen molar-refractivity contribution in [1.29, 1.82) is 5.26 Å². The molecule has 1 aromatic heterocycles. The molecule has 2 aliphatic heterocycles. The number of anilines is 1. The summed E-state index contributed by atoms with van der Waals surface area (Å²) in [5.74, 6) is -0.377. The summed E-state index contributed by atoms with van der Waals surface area (Å²) in [5.41, 5.74) is 0.798. The van der Waals surface area contributed by atoms with Crippen LogP contribution in [0.5, 0.6) is 5.75 Å². The number of ether oxygens (including phenoxy) is 1. The molecule has 1 aromatic carbocycles. The molecule has 10 heteroatoms. The van der Waals surface area contributed by atoms with E-state index in [0.717, 1.165) is 25.8 Å². The summed E-state index contributed by atoms with van der Waals surface area (Å²) in [6.07, 6.45) is -1.01. The molecular weight excluding hydrogens is 411 g/mol. The average Bonchev–Trinajstić information content (AvgIpc) is 3.38. The average molecular weight is 433 g/mol. The third kappa shape index (κ3) is 4.82. The molecule has 7 nitrogen and oxygen atoms in total. The summed E-state index contributed by atoms with van der Waals surface area (Å²) in [5, 5.41) is 13.1. The van der Waals surface area contributed by atoms with Crippen molar-refractivity contribution in [3.8, 4) is 11.8 Å². The Hall–Kier alpha value is -3.06. The number of likely N-dealkylation sites (tertiary alicyclic amines) is 2. The van der Waals surface area contributed by atoms with E-state index in [-0.39, 0.29) is 35.8 Å². The normalized spacial score (nSPS) is 21.9. The molecule has 0 saturated carbocycles. The molecule has 0 bridgehead atoms. The molecule has 2 aliphatic rings. The number of pyridine rings is 1. The number of alkyl halides is 3. The van der Waals surface area contributed by atoms with Gasteiger partial charge in [-0.2, -0.15) is 5.26 Å². The quantitative estimate of drug-likeness (QED) is 0.780. The number of halogens is 3. The van der Waals surface area contributed by atoms with E-state index in [1.165, 1.54) is 12.3 Å². The van der Waals surface area contributed by atoms with Gasteiger partial charge >= 0.3 is 6.36 Å². The van der Waals surface area contributed by atoms with Crippen molar-refractivity contribution in [2.45, 2.75) is 37.7 Å². The third-order valence-corrected chi connectivity index (χ3v) is 5.67. The fourth-order valence-electron chi connectivity index (χ4n) is 4.28. The molecule has 0 spiro atoms. The number of hydrogen-bond acceptors (Lipinski definition) is 6. The number of nitrogens with zero attached hydrogens (tertiary/aromatic N) is 4. The fraction of sp³-hybridized carbons (Fsp3) is 0.476. The molecule has 31 heavy (non-hydrogen) atoms. The Morgan fingerprint density at radius 3 is 2.90 bits per heavy atom. The van der Waals surface area contributed by atoms with Gasteiger partial charge in [-0.25, -0.2) is 0 Å². The number of rotatable bonds is 5. The first-order valence-electron chi connectivity index (χ1n) is 10.2. The van der Waals surface area contributed by atoms with E-state index in [9.17, 15) is 23.2 Å². The van der Waals surface area contributed by atoms with Crippen LogP contribution in [0.1, 0.15) is 19.3 Å². The van der Waals surface area contributed by atoms with Crippen LogP contribution in [0.25, 0.3) is 10.9 Å². The van der Waals surface area contributed by atoms with E-state index < -0.39 is 6.36 Å². The standard InChI is InChI=1S/C21H22F3N5O2/c22-21(23,24)31-18-6-5-17(16-4-1-8-26-20(16)18)27-14-7-10-28(12-14)13-19(30)29-9-2-3-15(29)11-25/h1,4-6,8,14-15,27H,2-3,7,9-10,12-13H2/t14-,15?/m1/s1. The lowest BCUT2D eigenvalue weighted by Crippen LogP contribution is -2.42. The minimum absolute atomic E-state index is 0.0343. The molecule has 2 fully saturated rings. The van der Waals surface area contributed by atoms with Crippen LogP contribution in [-0.4, -0.2) is 65.3 Å². The van der Waals surface area contributed by atoms with E-state index in [1.807, 2.05) is 4.90 Å². The minimum Gasteiger partial charge on any atom is -0.403 e. The largest absolute Gasteiger partial charge is 0.573 e. The maximum Gasteiger partial charge on any atom is 0.573 e. The van der Waals surface area contributed by atoms with Gasteiger partial charge in [0.15, 0.2) is 5.75 Å². The SMILES string of the molecule is N#CC1CCCN1C(=O)CN1CC[C@@H](Nc2ccc(OC(F)(F)F)c3ncccc23)C1. The van der Waals surface area contributed by atoms with Gasteiger partial charge in [0.1, 0.15) is 11.6 Å². The summed E-state index contributed by atoms with van der Waals surface area (Å²) >= 11 is 0. The highest BCUT2D eigenvalue weighted by molar-refractivity contribution is 5.95.